The van der Waals surface area contributed by atoms with Gasteiger partial charge in [-0.1, -0.05) is 63.1 Å². The molecule has 0 fully saturated rings. The molecule has 0 unspecified atom stereocenters. The fraction of sp³-hybridized carbons (Fsp3) is 0.467. The zero-order valence-electron chi connectivity index (χ0n) is 10.00. The Labute approximate surface area is 94.0 Å². The second-order valence-electron chi connectivity index (χ2n) is 4.01. The maximum atomic E-state index is 2.25. The third-order valence-corrected chi connectivity index (χ3v) is 2.59. The van der Waals surface area contributed by atoms with Gasteiger partial charge in [-0.15, -0.1) is 0 Å². The lowest BCUT2D eigenvalue weighted by molar-refractivity contribution is 0.717. The molecule has 0 saturated heterocycles. The minimum atomic E-state index is 1.11. The molecule has 0 nitrogen and oxygen atoms in total. The molecule has 0 aromatic heterocycles. The topological polar surface area (TPSA) is 0 Å². The van der Waals surface area contributed by atoms with Crippen LogP contribution in [0, 0.1) is 0 Å². The Morgan fingerprint density at radius 3 is 2.33 bits per heavy atom. The summed E-state index contributed by atoms with van der Waals surface area (Å²) in [4.78, 5) is 0. The molecule has 1 aromatic rings. The van der Waals surface area contributed by atoms with E-state index in [1.54, 1.807) is 0 Å². The van der Waals surface area contributed by atoms with Crippen molar-refractivity contribution in [2.24, 2.45) is 0 Å². The summed E-state index contributed by atoms with van der Waals surface area (Å²) in [5, 5.41) is 0. The van der Waals surface area contributed by atoms with Gasteiger partial charge in [-0.05, 0) is 30.4 Å². The van der Waals surface area contributed by atoms with Gasteiger partial charge in [0.05, 0.1) is 0 Å². The highest BCUT2D eigenvalue weighted by atomic mass is 14.0. The molecule has 0 aliphatic heterocycles. The number of aryl methyl sites for hydroxylation is 1. The van der Waals surface area contributed by atoms with Gasteiger partial charge >= 0.3 is 0 Å². The fourth-order valence-corrected chi connectivity index (χ4v) is 1.63. The van der Waals surface area contributed by atoms with Crippen molar-refractivity contribution in [3.05, 3.63) is 41.5 Å². The van der Waals surface area contributed by atoms with Crippen molar-refractivity contribution in [1.29, 1.82) is 0 Å². The molecule has 0 N–H and O–H groups in total. The average Bonchev–Trinajstić information content (AvgIpc) is 2.28. The van der Waals surface area contributed by atoms with Gasteiger partial charge in [0.1, 0.15) is 0 Å². The summed E-state index contributed by atoms with van der Waals surface area (Å²) in [6.07, 6.45) is 10.7. The Morgan fingerprint density at radius 1 is 1.00 bits per heavy atom. The SMILES string of the molecule is CCC=Cc1ccc(CCCCC)cc1. The van der Waals surface area contributed by atoms with Crippen LogP contribution < -0.4 is 0 Å². The first-order valence-corrected chi connectivity index (χ1v) is 6.12. The number of rotatable bonds is 6. The molecule has 0 spiro atoms. The van der Waals surface area contributed by atoms with Crippen molar-refractivity contribution in [2.75, 3.05) is 0 Å². The smallest absolute Gasteiger partial charge is 0.0260 e. The van der Waals surface area contributed by atoms with Crippen LogP contribution in [0.15, 0.2) is 30.3 Å². The van der Waals surface area contributed by atoms with Crippen LogP contribution in [0.5, 0.6) is 0 Å². The van der Waals surface area contributed by atoms with Crippen molar-refractivity contribution in [2.45, 2.75) is 46.0 Å². The van der Waals surface area contributed by atoms with Crippen LogP contribution in [0.4, 0.5) is 0 Å². The predicted octanol–water partition coefficient (Wildman–Crippen LogP) is 4.84. The third kappa shape index (κ3) is 4.83. The number of unbranched alkanes of at least 4 members (excludes halogenated alkanes) is 2. The highest BCUT2D eigenvalue weighted by Gasteiger charge is 1.92. The molecule has 1 rings (SSSR count). The van der Waals surface area contributed by atoms with Crippen LogP contribution >= 0.6 is 0 Å². The molecule has 0 aliphatic carbocycles. The van der Waals surface area contributed by atoms with Gasteiger partial charge in [0, 0.05) is 0 Å². The lowest BCUT2D eigenvalue weighted by Crippen LogP contribution is -1.85. The number of benzene rings is 1. The summed E-state index contributed by atoms with van der Waals surface area (Å²) in [5.74, 6) is 0. The van der Waals surface area contributed by atoms with E-state index in [2.05, 4.69) is 50.3 Å². The average molecular weight is 202 g/mol. The largest absolute Gasteiger partial charge is 0.0842 e. The van der Waals surface area contributed by atoms with E-state index in [-0.39, 0.29) is 0 Å². The second-order valence-corrected chi connectivity index (χ2v) is 4.01. The molecule has 0 saturated carbocycles. The van der Waals surface area contributed by atoms with Crippen LogP contribution in [-0.2, 0) is 6.42 Å². The van der Waals surface area contributed by atoms with Gasteiger partial charge in [-0.3, -0.25) is 0 Å². The monoisotopic (exact) mass is 202 g/mol. The molecular weight excluding hydrogens is 180 g/mol. The van der Waals surface area contributed by atoms with E-state index < -0.39 is 0 Å². The molecule has 0 heteroatoms. The summed E-state index contributed by atoms with van der Waals surface area (Å²) in [6, 6.07) is 8.94. The van der Waals surface area contributed by atoms with Crippen molar-refractivity contribution < 1.29 is 0 Å². The van der Waals surface area contributed by atoms with Crippen molar-refractivity contribution in [3.8, 4) is 0 Å². The van der Waals surface area contributed by atoms with E-state index in [4.69, 9.17) is 0 Å². The van der Waals surface area contributed by atoms with E-state index in [1.807, 2.05) is 0 Å². The zero-order chi connectivity index (χ0) is 10.9. The van der Waals surface area contributed by atoms with Crippen LogP contribution in [-0.4, -0.2) is 0 Å². The summed E-state index contributed by atoms with van der Waals surface area (Å²) in [7, 11) is 0. The van der Waals surface area contributed by atoms with Gasteiger partial charge in [0.25, 0.3) is 0 Å². The number of hydrogen-bond acceptors (Lipinski definition) is 0. The van der Waals surface area contributed by atoms with E-state index in [0.717, 1.165) is 6.42 Å². The molecule has 0 aliphatic rings. The number of hydrogen-bond donors (Lipinski definition) is 0. The Hall–Kier alpha value is -1.04. The molecule has 82 valence electrons. The Kier molecular flexibility index (Phi) is 5.84. The Morgan fingerprint density at radius 2 is 1.73 bits per heavy atom. The predicted molar refractivity (Wildman–Crippen MR) is 69.0 cm³/mol. The quantitative estimate of drug-likeness (QED) is 0.579. The third-order valence-electron chi connectivity index (χ3n) is 2.59. The van der Waals surface area contributed by atoms with Crippen LogP contribution in [0.3, 0.4) is 0 Å². The highest BCUT2D eigenvalue weighted by molar-refractivity contribution is 5.49. The van der Waals surface area contributed by atoms with Gasteiger partial charge < -0.3 is 0 Å². The molecule has 0 atom stereocenters. The molecule has 1 aromatic carbocycles. The lowest BCUT2D eigenvalue weighted by atomic mass is 10.1. The molecule has 0 bridgehead atoms. The first kappa shape index (κ1) is 12.0. The van der Waals surface area contributed by atoms with Crippen LogP contribution in [0.2, 0.25) is 0 Å². The van der Waals surface area contributed by atoms with Gasteiger partial charge in [-0.2, -0.15) is 0 Å². The first-order chi connectivity index (χ1) is 7.36. The van der Waals surface area contributed by atoms with E-state index in [1.165, 1.54) is 36.8 Å². The van der Waals surface area contributed by atoms with E-state index >= 15 is 0 Å². The first-order valence-electron chi connectivity index (χ1n) is 6.12. The standard InChI is InChI=1S/C15H22/c1-3-5-7-9-15-12-10-14(11-13-15)8-6-4-2/h6,8,10-13H,3-5,7,9H2,1-2H3. The normalized spacial score (nSPS) is 11.1. The molecular formula is C15H22. The Balaban J connectivity index is 2.45. The van der Waals surface area contributed by atoms with Crippen molar-refractivity contribution in [1.82, 2.24) is 0 Å². The number of allylic oxidation sites excluding steroid dienone is 1. The maximum absolute atomic E-state index is 2.25. The van der Waals surface area contributed by atoms with Gasteiger partial charge in [0.15, 0.2) is 0 Å². The van der Waals surface area contributed by atoms with E-state index in [9.17, 15) is 0 Å². The van der Waals surface area contributed by atoms with Crippen molar-refractivity contribution in [3.63, 3.8) is 0 Å². The van der Waals surface area contributed by atoms with Crippen LogP contribution in [0.1, 0.15) is 50.7 Å². The van der Waals surface area contributed by atoms with Crippen molar-refractivity contribution >= 4 is 6.08 Å². The Bertz CT molecular complexity index is 279. The molecule has 0 heterocycles. The highest BCUT2D eigenvalue weighted by Crippen LogP contribution is 2.10. The molecule has 0 radical (unpaired) electrons. The maximum Gasteiger partial charge on any atom is -0.0260 e. The summed E-state index contributed by atoms with van der Waals surface area (Å²) < 4.78 is 0. The van der Waals surface area contributed by atoms with Gasteiger partial charge in [0.2, 0.25) is 0 Å². The molecule has 15 heavy (non-hydrogen) atoms. The second kappa shape index (κ2) is 7.28. The fourth-order valence-electron chi connectivity index (χ4n) is 1.63. The van der Waals surface area contributed by atoms with Gasteiger partial charge in [-0.25, -0.2) is 0 Å². The van der Waals surface area contributed by atoms with E-state index in [0.29, 0.717) is 0 Å². The summed E-state index contributed by atoms with van der Waals surface area (Å²) in [6.45, 7) is 4.41. The molecule has 0 amide bonds. The minimum absolute atomic E-state index is 1.11. The summed E-state index contributed by atoms with van der Waals surface area (Å²) in [5.41, 5.74) is 2.79. The lowest BCUT2D eigenvalue weighted by Gasteiger charge is -2.01. The summed E-state index contributed by atoms with van der Waals surface area (Å²) >= 11 is 0. The zero-order valence-corrected chi connectivity index (χ0v) is 10.00. The minimum Gasteiger partial charge on any atom is -0.0842 e. The van der Waals surface area contributed by atoms with Crippen LogP contribution in [0.25, 0.3) is 6.08 Å².